The number of anilines is 1. The molecule has 13 heavy (non-hydrogen) atoms. The number of H-pyrrole nitrogens is 1. The number of aromatic amines is 1. The molecule has 1 atom stereocenters. The molecule has 1 aliphatic heterocycles. The van der Waals surface area contributed by atoms with Gasteiger partial charge in [-0.05, 0) is 0 Å². The Morgan fingerprint density at radius 3 is 2.92 bits per heavy atom. The zero-order valence-electron chi connectivity index (χ0n) is 6.70. The SMILES string of the molecule is O=C1CC(Nc2ncc[nH]2)C(=O)N1. The Morgan fingerprint density at radius 2 is 2.38 bits per heavy atom. The monoisotopic (exact) mass is 180 g/mol. The minimum Gasteiger partial charge on any atom is -0.343 e. The van der Waals surface area contributed by atoms with Crippen LogP contribution >= 0.6 is 0 Å². The smallest absolute Gasteiger partial charge is 0.249 e. The van der Waals surface area contributed by atoms with Crippen molar-refractivity contribution in [1.82, 2.24) is 15.3 Å². The molecule has 1 aromatic rings. The maximum atomic E-state index is 11.1. The Labute approximate surface area is 73.7 Å². The van der Waals surface area contributed by atoms with Gasteiger partial charge in [-0.1, -0.05) is 0 Å². The number of imide groups is 1. The van der Waals surface area contributed by atoms with Crippen molar-refractivity contribution in [3.05, 3.63) is 12.4 Å². The molecule has 3 N–H and O–H groups in total. The number of imidazole rings is 1. The largest absolute Gasteiger partial charge is 0.343 e. The van der Waals surface area contributed by atoms with Crippen LogP contribution in [0.25, 0.3) is 0 Å². The first kappa shape index (κ1) is 7.78. The molecule has 1 aliphatic rings. The number of nitrogens with one attached hydrogen (secondary N) is 3. The summed E-state index contributed by atoms with van der Waals surface area (Å²) in [5.74, 6) is -0.0645. The molecular formula is C7H8N4O2. The van der Waals surface area contributed by atoms with E-state index in [0.29, 0.717) is 5.95 Å². The third kappa shape index (κ3) is 1.51. The number of carbonyl (C=O) groups is 2. The maximum absolute atomic E-state index is 11.1. The van der Waals surface area contributed by atoms with E-state index in [0.717, 1.165) is 0 Å². The van der Waals surface area contributed by atoms with Crippen molar-refractivity contribution in [2.75, 3.05) is 5.32 Å². The standard InChI is InChI=1S/C7H8N4O2/c12-5-3-4(6(13)11-5)10-7-8-1-2-9-7/h1-2,4H,3H2,(H2,8,9,10)(H,11,12,13). The van der Waals surface area contributed by atoms with Gasteiger partial charge >= 0.3 is 0 Å². The van der Waals surface area contributed by atoms with Crippen LogP contribution in [0.5, 0.6) is 0 Å². The van der Waals surface area contributed by atoms with Crippen LogP contribution in [0.3, 0.4) is 0 Å². The summed E-state index contributed by atoms with van der Waals surface area (Å²) in [6, 6.07) is -0.501. The van der Waals surface area contributed by atoms with E-state index in [2.05, 4.69) is 20.6 Å². The first-order valence-electron chi connectivity index (χ1n) is 3.85. The number of hydrogen-bond donors (Lipinski definition) is 3. The van der Waals surface area contributed by atoms with Crippen molar-refractivity contribution in [3.8, 4) is 0 Å². The highest BCUT2D eigenvalue weighted by Gasteiger charge is 2.30. The summed E-state index contributed by atoms with van der Waals surface area (Å²) in [5, 5.41) is 5.00. The second-order valence-electron chi connectivity index (χ2n) is 2.75. The van der Waals surface area contributed by atoms with E-state index in [1.165, 1.54) is 0 Å². The summed E-state index contributed by atoms with van der Waals surface area (Å²) in [6.45, 7) is 0. The molecule has 0 spiro atoms. The summed E-state index contributed by atoms with van der Waals surface area (Å²) in [4.78, 5) is 28.5. The number of rotatable bonds is 2. The molecule has 2 amide bonds. The molecule has 2 heterocycles. The molecule has 1 unspecified atom stereocenters. The minimum atomic E-state index is -0.501. The van der Waals surface area contributed by atoms with E-state index in [-0.39, 0.29) is 18.2 Å². The Bertz CT molecular complexity index is 332. The fraction of sp³-hybridized carbons (Fsp3) is 0.286. The van der Waals surface area contributed by atoms with E-state index in [1.54, 1.807) is 12.4 Å². The second kappa shape index (κ2) is 2.89. The van der Waals surface area contributed by atoms with Gasteiger partial charge in [-0.15, -0.1) is 0 Å². The zero-order valence-corrected chi connectivity index (χ0v) is 6.70. The van der Waals surface area contributed by atoms with E-state index >= 15 is 0 Å². The number of amides is 2. The van der Waals surface area contributed by atoms with Crippen molar-refractivity contribution in [3.63, 3.8) is 0 Å². The van der Waals surface area contributed by atoms with Gasteiger partial charge in [0.1, 0.15) is 6.04 Å². The van der Waals surface area contributed by atoms with Crippen LogP contribution in [0.2, 0.25) is 0 Å². The summed E-state index contributed by atoms with van der Waals surface area (Å²) >= 11 is 0. The lowest BCUT2D eigenvalue weighted by Gasteiger charge is -2.06. The third-order valence-electron chi connectivity index (χ3n) is 1.78. The Balaban J connectivity index is 2.03. The van der Waals surface area contributed by atoms with E-state index in [1.807, 2.05) is 0 Å². The van der Waals surface area contributed by atoms with Gasteiger partial charge in [-0.3, -0.25) is 14.9 Å². The van der Waals surface area contributed by atoms with Gasteiger partial charge in [0, 0.05) is 12.4 Å². The van der Waals surface area contributed by atoms with Crippen LogP contribution in [-0.2, 0) is 9.59 Å². The predicted molar refractivity (Wildman–Crippen MR) is 43.8 cm³/mol. The lowest BCUT2D eigenvalue weighted by Crippen LogP contribution is -2.30. The fourth-order valence-electron chi connectivity index (χ4n) is 1.18. The molecule has 0 saturated carbocycles. The van der Waals surface area contributed by atoms with Crippen molar-refractivity contribution >= 4 is 17.8 Å². The summed E-state index contributed by atoms with van der Waals surface area (Å²) in [7, 11) is 0. The van der Waals surface area contributed by atoms with E-state index in [9.17, 15) is 9.59 Å². The summed E-state index contributed by atoms with van der Waals surface area (Å²) in [5.41, 5.74) is 0. The van der Waals surface area contributed by atoms with E-state index < -0.39 is 6.04 Å². The molecular weight excluding hydrogens is 172 g/mol. The Hall–Kier alpha value is -1.85. The maximum Gasteiger partial charge on any atom is 0.249 e. The number of nitrogens with zero attached hydrogens (tertiary/aromatic N) is 1. The van der Waals surface area contributed by atoms with Crippen LogP contribution < -0.4 is 10.6 Å². The van der Waals surface area contributed by atoms with Crippen LogP contribution in [0, 0.1) is 0 Å². The summed E-state index contributed by atoms with van der Waals surface area (Å²) in [6.07, 6.45) is 3.37. The third-order valence-corrected chi connectivity index (χ3v) is 1.78. The van der Waals surface area contributed by atoms with Crippen LogP contribution in [0.15, 0.2) is 12.4 Å². The number of aromatic nitrogens is 2. The lowest BCUT2D eigenvalue weighted by molar-refractivity contribution is -0.124. The average molecular weight is 180 g/mol. The van der Waals surface area contributed by atoms with Gasteiger partial charge in [0.15, 0.2) is 0 Å². The highest BCUT2D eigenvalue weighted by molar-refractivity contribution is 6.06. The molecule has 0 radical (unpaired) electrons. The highest BCUT2D eigenvalue weighted by atomic mass is 16.2. The minimum absolute atomic E-state index is 0.166. The first-order valence-corrected chi connectivity index (χ1v) is 3.85. The van der Waals surface area contributed by atoms with Crippen molar-refractivity contribution in [2.24, 2.45) is 0 Å². The average Bonchev–Trinajstić information content (AvgIpc) is 2.63. The molecule has 68 valence electrons. The Morgan fingerprint density at radius 1 is 1.54 bits per heavy atom. The van der Waals surface area contributed by atoms with Gasteiger partial charge < -0.3 is 10.3 Å². The van der Waals surface area contributed by atoms with Gasteiger partial charge in [0.05, 0.1) is 6.42 Å². The van der Waals surface area contributed by atoms with Crippen molar-refractivity contribution < 1.29 is 9.59 Å². The molecule has 1 fully saturated rings. The number of carbonyl (C=O) groups excluding carboxylic acids is 2. The molecule has 1 aromatic heterocycles. The molecule has 0 bridgehead atoms. The van der Waals surface area contributed by atoms with E-state index in [4.69, 9.17) is 0 Å². The molecule has 1 saturated heterocycles. The molecule has 6 nitrogen and oxygen atoms in total. The summed E-state index contributed by atoms with van der Waals surface area (Å²) < 4.78 is 0. The van der Waals surface area contributed by atoms with Crippen LogP contribution in [-0.4, -0.2) is 27.8 Å². The highest BCUT2D eigenvalue weighted by Crippen LogP contribution is 2.07. The van der Waals surface area contributed by atoms with Gasteiger partial charge in [-0.25, -0.2) is 4.98 Å². The predicted octanol–water partition coefficient (Wildman–Crippen LogP) is -0.763. The zero-order chi connectivity index (χ0) is 9.26. The van der Waals surface area contributed by atoms with Crippen LogP contribution in [0.1, 0.15) is 6.42 Å². The first-order chi connectivity index (χ1) is 6.25. The van der Waals surface area contributed by atoms with Gasteiger partial charge in [-0.2, -0.15) is 0 Å². The topological polar surface area (TPSA) is 86.9 Å². The van der Waals surface area contributed by atoms with Gasteiger partial charge in [0.25, 0.3) is 0 Å². The second-order valence-corrected chi connectivity index (χ2v) is 2.75. The molecule has 0 aromatic carbocycles. The van der Waals surface area contributed by atoms with Crippen LogP contribution in [0.4, 0.5) is 5.95 Å². The molecule has 2 rings (SSSR count). The molecule has 0 aliphatic carbocycles. The van der Waals surface area contributed by atoms with Crippen molar-refractivity contribution in [2.45, 2.75) is 12.5 Å². The van der Waals surface area contributed by atoms with Gasteiger partial charge in [0.2, 0.25) is 17.8 Å². The fourth-order valence-corrected chi connectivity index (χ4v) is 1.18. The number of hydrogen-bond acceptors (Lipinski definition) is 4. The molecule has 6 heteroatoms. The quantitative estimate of drug-likeness (QED) is 0.522. The lowest BCUT2D eigenvalue weighted by atomic mass is 10.2. The Kier molecular flexibility index (Phi) is 1.73. The van der Waals surface area contributed by atoms with Crippen molar-refractivity contribution in [1.29, 1.82) is 0 Å². The normalized spacial score (nSPS) is 21.7.